The van der Waals surface area contributed by atoms with Crippen molar-refractivity contribution in [1.29, 1.82) is 0 Å². The van der Waals surface area contributed by atoms with Crippen LogP contribution < -0.4 is 0 Å². The van der Waals surface area contributed by atoms with Crippen LogP contribution in [-0.4, -0.2) is 22.4 Å². The zero-order chi connectivity index (χ0) is 7.56. The van der Waals surface area contributed by atoms with E-state index in [1.807, 2.05) is 11.8 Å². The number of rotatable bonds is 1. The summed E-state index contributed by atoms with van der Waals surface area (Å²) in [6.07, 6.45) is 2.09. The molecule has 0 aromatic rings. The predicted molar refractivity (Wildman–Crippen MR) is 52.0 cm³/mol. The first-order chi connectivity index (χ1) is 4.74. The summed E-state index contributed by atoms with van der Waals surface area (Å²) in [4.78, 5) is 4.55. The molecule has 0 saturated heterocycles. The van der Waals surface area contributed by atoms with Crippen LogP contribution >= 0.6 is 23.5 Å². The third-order valence-corrected chi connectivity index (χ3v) is 3.76. The van der Waals surface area contributed by atoms with Gasteiger partial charge in [0.25, 0.3) is 0 Å². The number of thioether (sulfide) groups is 2. The second-order valence-electron chi connectivity index (χ2n) is 2.72. The Hall–Kier alpha value is 0.370. The van der Waals surface area contributed by atoms with Crippen LogP contribution in [0.3, 0.4) is 0 Å². The predicted octanol–water partition coefficient (Wildman–Crippen LogP) is 2.48. The maximum Gasteiger partial charge on any atom is 0.124 e. The first-order valence-electron chi connectivity index (χ1n) is 3.48. The van der Waals surface area contributed by atoms with Crippen molar-refractivity contribution in [2.75, 3.05) is 12.0 Å². The molecule has 0 saturated carbocycles. The molecule has 0 fully saturated rings. The van der Waals surface area contributed by atoms with E-state index in [1.54, 1.807) is 11.8 Å². The van der Waals surface area contributed by atoms with Crippen LogP contribution in [0.4, 0.5) is 0 Å². The molecule has 1 unspecified atom stereocenters. The summed E-state index contributed by atoms with van der Waals surface area (Å²) in [5.74, 6) is 1.89. The lowest BCUT2D eigenvalue weighted by atomic mass is 10.1. The third kappa shape index (κ3) is 1.92. The summed E-state index contributed by atoms with van der Waals surface area (Å²) >= 11 is 3.66. The Balaban J connectivity index is 2.47. The fourth-order valence-electron chi connectivity index (χ4n) is 0.820. The van der Waals surface area contributed by atoms with Gasteiger partial charge < -0.3 is 0 Å². The van der Waals surface area contributed by atoms with Crippen molar-refractivity contribution < 1.29 is 0 Å². The van der Waals surface area contributed by atoms with E-state index >= 15 is 0 Å². The van der Waals surface area contributed by atoms with E-state index in [0.717, 1.165) is 0 Å². The molecular weight excluding hydrogens is 162 g/mol. The molecule has 1 nitrogen and oxygen atoms in total. The minimum Gasteiger partial charge on any atom is -0.267 e. The van der Waals surface area contributed by atoms with Crippen molar-refractivity contribution in [2.24, 2.45) is 10.9 Å². The number of aliphatic imine (C=N–C) groups is 1. The van der Waals surface area contributed by atoms with Gasteiger partial charge in [-0.05, 0) is 12.2 Å². The molecule has 10 heavy (non-hydrogen) atoms. The highest BCUT2D eigenvalue weighted by Crippen LogP contribution is 2.27. The molecule has 0 spiro atoms. The van der Waals surface area contributed by atoms with E-state index in [2.05, 4.69) is 25.1 Å². The van der Waals surface area contributed by atoms with Crippen LogP contribution in [0.5, 0.6) is 0 Å². The van der Waals surface area contributed by atoms with Crippen LogP contribution in [0.1, 0.15) is 13.8 Å². The molecule has 1 atom stereocenters. The monoisotopic (exact) mass is 175 g/mol. The van der Waals surface area contributed by atoms with E-state index in [-0.39, 0.29) is 0 Å². The van der Waals surface area contributed by atoms with Gasteiger partial charge in [0.05, 0.1) is 6.04 Å². The largest absolute Gasteiger partial charge is 0.267 e. The standard InChI is InChI=1S/C7H13NS2/c1-5(2)6-4-10-7(8-6)9-3/h5-6H,4H2,1-3H3. The smallest absolute Gasteiger partial charge is 0.124 e. The van der Waals surface area contributed by atoms with E-state index in [0.29, 0.717) is 12.0 Å². The summed E-state index contributed by atoms with van der Waals surface area (Å²) in [7, 11) is 0. The minimum absolute atomic E-state index is 0.576. The van der Waals surface area contributed by atoms with Crippen molar-refractivity contribution in [3.05, 3.63) is 0 Å². The molecule has 1 aliphatic heterocycles. The number of hydrogen-bond acceptors (Lipinski definition) is 3. The number of hydrogen-bond donors (Lipinski definition) is 0. The molecule has 0 N–H and O–H groups in total. The van der Waals surface area contributed by atoms with Crippen molar-refractivity contribution in [1.82, 2.24) is 0 Å². The fourth-order valence-corrected chi connectivity index (χ4v) is 2.72. The summed E-state index contributed by atoms with van der Waals surface area (Å²) in [5, 5.41) is 0. The Bertz CT molecular complexity index is 143. The Morgan fingerprint density at radius 2 is 2.40 bits per heavy atom. The van der Waals surface area contributed by atoms with Crippen LogP contribution in [0.2, 0.25) is 0 Å². The average molecular weight is 175 g/mol. The summed E-state index contributed by atoms with van der Waals surface area (Å²) in [6, 6.07) is 0.576. The van der Waals surface area contributed by atoms with Gasteiger partial charge in [0.15, 0.2) is 0 Å². The fraction of sp³-hybridized carbons (Fsp3) is 0.857. The molecule has 1 aliphatic rings. The lowest BCUT2D eigenvalue weighted by Gasteiger charge is -2.07. The van der Waals surface area contributed by atoms with Crippen molar-refractivity contribution in [2.45, 2.75) is 19.9 Å². The van der Waals surface area contributed by atoms with E-state index in [4.69, 9.17) is 0 Å². The summed E-state index contributed by atoms with van der Waals surface area (Å²) in [5.41, 5.74) is 0. The van der Waals surface area contributed by atoms with Gasteiger partial charge in [-0.2, -0.15) is 0 Å². The summed E-state index contributed by atoms with van der Waals surface area (Å²) < 4.78 is 1.26. The van der Waals surface area contributed by atoms with Crippen molar-refractivity contribution >= 4 is 27.9 Å². The summed E-state index contributed by atoms with van der Waals surface area (Å²) in [6.45, 7) is 4.47. The quantitative estimate of drug-likeness (QED) is 0.607. The molecule has 58 valence electrons. The highest BCUT2D eigenvalue weighted by molar-refractivity contribution is 8.38. The normalized spacial score (nSPS) is 25.6. The molecule has 3 heteroatoms. The molecule has 0 aliphatic carbocycles. The molecule has 1 heterocycles. The van der Waals surface area contributed by atoms with Gasteiger partial charge >= 0.3 is 0 Å². The third-order valence-electron chi connectivity index (χ3n) is 1.59. The SMILES string of the molecule is CSC1=NC(C(C)C)CS1. The van der Waals surface area contributed by atoms with E-state index in [9.17, 15) is 0 Å². The Morgan fingerprint density at radius 1 is 1.70 bits per heavy atom. The van der Waals surface area contributed by atoms with E-state index < -0.39 is 0 Å². The second-order valence-corrected chi connectivity index (χ2v) is 4.78. The average Bonchev–Trinajstić information content (AvgIpc) is 2.34. The molecule has 0 aromatic carbocycles. The van der Waals surface area contributed by atoms with Crippen molar-refractivity contribution in [3.8, 4) is 0 Å². The molecule has 0 amide bonds. The van der Waals surface area contributed by atoms with Gasteiger partial charge in [-0.3, -0.25) is 4.99 Å². The Morgan fingerprint density at radius 3 is 2.70 bits per heavy atom. The zero-order valence-corrected chi connectivity index (χ0v) is 8.26. The van der Waals surface area contributed by atoms with Crippen LogP contribution in [0.25, 0.3) is 0 Å². The maximum atomic E-state index is 4.55. The van der Waals surface area contributed by atoms with Gasteiger partial charge in [-0.1, -0.05) is 25.6 Å². The Kier molecular flexibility index (Phi) is 3.11. The van der Waals surface area contributed by atoms with Crippen molar-refractivity contribution in [3.63, 3.8) is 0 Å². The highest BCUT2D eigenvalue weighted by atomic mass is 32.2. The first kappa shape index (κ1) is 8.47. The molecule has 1 rings (SSSR count). The van der Waals surface area contributed by atoms with Gasteiger partial charge in [0.1, 0.15) is 4.38 Å². The van der Waals surface area contributed by atoms with Gasteiger partial charge in [-0.15, -0.1) is 11.8 Å². The van der Waals surface area contributed by atoms with Gasteiger partial charge in [-0.25, -0.2) is 0 Å². The highest BCUT2D eigenvalue weighted by Gasteiger charge is 2.19. The lowest BCUT2D eigenvalue weighted by molar-refractivity contribution is 0.544. The van der Waals surface area contributed by atoms with Gasteiger partial charge in [0.2, 0.25) is 0 Å². The molecule has 0 bridgehead atoms. The maximum absolute atomic E-state index is 4.55. The van der Waals surface area contributed by atoms with Crippen LogP contribution in [-0.2, 0) is 0 Å². The molecule has 0 radical (unpaired) electrons. The molecule has 0 aromatic heterocycles. The van der Waals surface area contributed by atoms with E-state index in [1.165, 1.54) is 10.1 Å². The zero-order valence-electron chi connectivity index (χ0n) is 6.63. The lowest BCUT2D eigenvalue weighted by Crippen LogP contribution is -2.11. The second kappa shape index (κ2) is 3.67. The van der Waals surface area contributed by atoms with Crippen LogP contribution in [0, 0.1) is 5.92 Å². The minimum atomic E-state index is 0.576. The first-order valence-corrected chi connectivity index (χ1v) is 5.69. The number of nitrogens with zero attached hydrogens (tertiary/aromatic N) is 1. The van der Waals surface area contributed by atoms with Crippen LogP contribution in [0.15, 0.2) is 4.99 Å². The van der Waals surface area contributed by atoms with Gasteiger partial charge in [0, 0.05) is 5.75 Å². The Labute approximate surface area is 71.1 Å². The molecular formula is C7H13NS2. The topological polar surface area (TPSA) is 12.4 Å².